The predicted octanol–water partition coefficient (Wildman–Crippen LogP) is 5.34. The molecule has 0 amide bonds. The summed E-state index contributed by atoms with van der Waals surface area (Å²) >= 11 is 0. The molecule has 0 saturated heterocycles. The van der Waals surface area contributed by atoms with E-state index < -0.39 is 0 Å². The summed E-state index contributed by atoms with van der Waals surface area (Å²) in [6, 6.07) is 6.80. The minimum absolute atomic E-state index is 0. The van der Waals surface area contributed by atoms with Crippen molar-refractivity contribution < 1.29 is 0 Å². The van der Waals surface area contributed by atoms with Gasteiger partial charge in [0.1, 0.15) is 0 Å². The second-order valence-corrected chi connectivity index (χ2v) is 3.69. The third-order valence-corrected chi connectivity index (χ3v) is 2.42. The molecule has 0 heteroatoms. The van der Waals surface area contributed by atoms with E-state index in [-0.39, 0.29) is 7.43 Å². The largest absolute Gasteiger partial charge is 0.0776 e. The Morgan fingerprint density at radius 2 is 1.67 bits per heavy atom. The summed E-state index contributed by atoms with van der Waals surface area (Å²) < 4.78 is 0. The van der Waals surface area contributed by atoms with Gasteiger partial charge in [-0.2, -0.15) is 0 Å². The maximum absolute atomic E-state index is 2.33. The molecule has 1 aromatic carbocycles. The Bertz CT molecular complexity index is 259. The zero-order chi connectivity index (χ0) is 11.1. The SMILES string of the molecule is C.CC.CCc1cc(C(C)C)ccc1C. The number of benzene rings is 1. The summed E-state index contributed by atoms with van der Waals surface area (Å²) in [5, 5.41) is 0. The molecule has 1 aromatic rings. The summed E-state index contributed by atoms with van der Waals surface area (Å²) in [5.74, 6) is 0.649. The lowest BCUT2D eigenvalue weighted by Gasteiger charge is -2.09. The van der Waals surface area contributed by atoms with Crippen molar-refractivity contribution in [3.63, 3.8) is 0 Å². The van der Waals surface area contributed by atoms with Gasteiger partial charge in [0, 0.05) is 0 Å². The second kappa shape index (κ2) is 8.52. The maximum atomic E-state index is 2.33. The fraction of sp³-hybridized carbons (Fsp3) is 0.600. The highest BCUT2D eigenvalue weighted by molar-refractivity contribution is 5.32. The van der Waals surface area contributed by atoms with Crippen LogP contribution in [-0.2, 0) is 6.42 Å². The summed E-state index contributed by atoms with van der Waals surface area (Å²) in [6.45, 7) is 12.9. The molecule has 0 aliphatic carbocycles. The summed E-state index contributed by atoms with van der Waals surface area (Å²) in [4.78, 5) is 0. The van der Waals surface area contributed by atoms with Gasteiger partial charge < -0.3 is 0 Å². The summed E-state index contributed by atoms with van der Waals surface area (Å²) in [7, 11) is 0. The first-order chi connectivity index (χ1) is 6.65. The minimum Gasteiger partial charge on any atom is -0.0776 e. The molecule has 0 nitrogen and oxygen atoms in total. The molecule has 0 bridgehead atoms. The molecule has 0 aromatic heterocycles. The van der Waals surface area contributed by atoms with Crippen LogP contribution in [0.15, 0.2) is 18.2 Å². The Labute approximate surface area is 96.7 Å². The van der Waals surface area contributed by atoms with Crippen LogP contribution in [0, 0.1) is 6.92 Å². The van der Waals surface area contributed by atoms with Crippen LogP contribution in [0.3, 0.4) is 0 Å². The molecule has 0 aliphatic rings. The van der Waals surface area contributed by atoms with Crippen LogP contribution in [0.25, 0.3) is 0 Å². The number of rotatable bonds is 2. The van der Waals surface area contributed by atoms with Crippen molar-refractivity contribution in [2.45, 2.75) is 61.3 Å². The standard InChI is InChI=1S/C12H18.C2H6.CH4/c1-5-11-8-12(9(2)3)7-6-10(11)4;1-2;/h6-9H,5H2,1-4H3;1-2H3;1H4. The average molecular weight is 208 g/mol. The smallest absolute Gasteiger partial charge is 0.0219 e. The van der Waals surface area contributed by atoms with Gasteiger partial charge in [0.15, 0.2) is 0 Å². The van der Waals surface area contributed by atoms with Gasteiger partial charge in [-0.05, 0) is 36.0 Å². The second-order valence-electron chi connectivity index (χ2n) is 3.69. The third kappa shape index (κ3) is 5.01. The van der Waals surface area contributed by atoms with E-state index in [1.165, 1.54) is 16.7 Å². The molecule has 0 N–H and O–H groups in total. The van der Waals surface area contributed by atoms with E-state index in [0.717, 1.165) is 6.42 Å². The molecule has 0 radical (unpaired) electrons. The number of aryl methyl sites for hydroxylation is 2. The van der Waals surface area contributed by atoms with Crippen LogP contribution < -0.4 is 0 Å². The molecular weight excluding hydrogens is 180 g/mol. The lowest BCUT2D eigenvalue weighted by Crippen LogP contribution is -1.92. The monoisotopic (exact) mass is 208 g/mol. The predicted molar refractivity (Wildman–Crippen MR) is 72.7 cm³/mol. The maximum Gasteiger partial charge on any atom is -0.0219 e. The molecule has 15 heavy (non-hydrogen) atoms. The van der Waals surface area contributed by atoms with Crippen LogP contribution in [-0.4, -0.2) is 0 Å². The first-order valence-corrected chi connectivity index (χ1v) is 5.74. The molecule has 0 saturated carbocycles. The van der Waals surface area contributed by atoms with E-state index in [0.29, 0.717) is 5.92 Å². The Balaban J connectivity index is 0. The van der Waals surface area contributed by atoms with Crippen molar-refractivity contribution in [3.05, 3.63) is 34.9 Å². The lowest BCUT2D eigenvalue weighted by atomic mass is 9.97. The van der Waals surface area contributed by atoms with E-state index in [2.05, 4.69) is 45.9 Å². The quantitative estimate of drug-likeness (QED) is 0.615. The van der Waals surface area contributed by atoms with Crippen molar-refractivity contribution >= 4 is 0 Å². The van der Waals surface area contributed by atoms with E-state index in [4.69, 9.17) is 0 Å². The number of hydrogen-bond donors (Lipinski definition) is 0. The summed E-state index contributed by atoms with van der Waals surface area (Å²) in [6.07, 6.45) is 1.15. The van der Waals surface area contributed by atoms with Crippen LogP contribution >= 0.6 is 0 Å². The molecule has 0 heterocycles. The van der Waals surface area contributed by atoms with E-state index >= 15 is 0 Å². The average Bonchev–Trinajstić information content (AvgIpc) is 2.21. The van der Waals surface area contributed by atoms with Gasteiger partial charge in [0.2, 0.25) is 0 Å². The highest BCUT2D eigenvalue weighted by atomic mass is 14.1. The van der Waals surface area contributed by atoms with Crippen molar-refractivity contribution in [3.8, 4) is 0 Å². The highest BCUT2D eigenvalue weighted by Gasteiger charge is 2.01. The molecule has 0 atom stereocenters. The molecule has 0 unspecified atom stereocenters. The van der Waals surface area contributed by atoms with Gasteiger partial charge in [-0.25, -0.2) is 0 Å². The zero-order valence-electron chi connectivity index (χ0n) is 10.5. The normalized spacial score (nSPS) is 9.00. The van der Waals surface area contributed by atoms with E-state index in [9.17, 15) is 0 Å². The fourth-order valence-corrected chi connectivity index (χ4v) is 1.43. The minimum atomic E-state index is 0. The van der Waals surface area contributed by atoms with Crippen LogP contribution in [0.5, 0.6) is 0 Å². The highest BCUT2D eigenvalue weighted by Crippen LogP contribution is 2.18. The molecule has 0 fully saturated rings. The Hall–Kier alpha value is -0.780. The van der Waals surface area contributed by atoms with Gasteiger partial charge in [-0.1, -0.05) is 60.2 Å². The molecular formula is C15H28. The van der Waals surface area contributed by atoms with Crippen LogP contribution in [0.1, 0.15) is 64.7 Å². The van der Waals surface area contributed by atoms with Crippen molar-refractivity contribution in [1.29, 1.82) is 0 Å². The van der Waals surface area contributed by atoms with Crippen LogP contribution in [0.2, 0.25) is 0 Å². The van der Waals surface area contributed by atoms with Crippen molar-refractivity contribution in [1.82, 2.24) is 0 Å². The zero-order valence-corrected chi connectivity index (χ0v) is 10.5. The molecule has 0 spiro atoms. The summed E-state index contributed by atoms with van der Waals surface area (Å²) in [5.41, 5.74) is 4.36. The molecule has 0 aliphatic heterocycles. The van der Waals surface area contributed by atoms with Gasteiger partial charge in [-0.15, -0.1) is 0 Å². The van der Waals surface area contributed by atoms with Gasteiger partial charge in [0.25, 0.3) is 0 Å². The van der Waals surface area contributed by atoms with E-state index in [1.54, 1.807) is 0 Å². The van der Waals surface area contributed by atoms with E-state index in [1.807, 2.05) is 13.8 Å². The molecule has 1 rings (SSSR count). The van der Waals surface area contributed by atoms with Gasteiger partial charge >= 0.3 is 0 Å². The topological polar surface area (TPSA) is 0 Å². The Kier molecular flexibility index (Phi) is 9.46. The first kappa shape index (κ1) is 16.6. The Morgan fingerprint density at radius 3 is 2.07 bits per heavy atom. The van der Waals surface area contributed by atoms with Gasteiger partial charge in [-0.3, -0.25) is 0 Å². The fourth-order valence-electron chi connectivity index (χ4n) is 1.43. The first-order valence-electron chi connectivity index (χ1n) is 5.74. The van der Waals surface area contributed by atoms with Crippen molar-refractivity contribution in [2.24, 2.45) is 0 Å². The van der Waals surface area contributed by atoms with Crippen molar-refractivity contribution in [2.75, 3.05) is 0 Å². The lowest BCUT2D eigenvalue weighted by molar-refractivity contribution is 0.861. The third-order valence-electron chi connectivity index (χ3n) is 2.42. The Morgan fingerprint density at radius 1 is 1.13 bits per heavy atom. The van der Waals surface area contributed by atoms with Gasteiger partial charge in [0.05, 0.1) is 0 Å². The number of hydrogen-bond acceptors (Lipinski definition) is 0. The molecule has 88 valence electrons. The van der Waals surface area contributed by atoms with Crippen LogP contribution in [0.4, 0.5) is 0 Å².